The summed E-state index contributed by atoms with van der Waals surface area (Å²) >= 11 is 0. The van der Waals surface area contributed by atoms with Crippen molar-refractivity contribution in [1.29, 1.82) is 0 Å². The van der Waals surface area contributed by atoms with E-state index in [2.05, 4.69) is 5.32 Å². The summed E-state index contributed by atoms with van der Waals surface area (Å²) < 4.78 is 5.43. The highest BCUT2D eigenvalue weighted by molar-refractivity contribution is 5.90. The molecule has 0 bridgehead atoms. The monoisotopic (exact) mass is 352 g/mol. The largest absolute Gasteiger partial charge is 0.494 e. The van der Waals surface area contributed by atoms with Crippen LogP contribution in [0.5, 0.6) is 5.75 Å². The van der Waals surface area contributed by atoms with Gasteiger partial charge in [-0.2, -0.15) is 0 Å². The zero-order valence-corrected chi connectivity index (χ0v) is 15.2. The molecule has 2 aromatic carbocycles. The van der Waals surface area contributed by atoms with Crippen LogP contribution in [0.4, 0.5) is 0 Å². The second kappa shape index (κ2) is 8.04. The van der Waals surface area contributed by atoms with E-state index in [0.717, 1.165) is 22.4 Å². The first-order valence-corrected chi connectivity index (χ1v) is 8.94. The first kappa shape index (κ1) is 18.0. The normalized spacial score (nSPS) is 16.9. The average molecular weight is 352 g/mol. The summed E-state index contributed by atoms with van der Waals surface area (Å²) in [5, 5.41) is 2.87. The van der Waals surface area contributed by atoms with Crippen LogP contribution in [0.15, 0.2) is 48.5 Å². The van der Waals surface area contributed by atoms with Crippen molar-refractivity contribution in [1.82, 2.24) is 10.2 Å². The van der Waals surface area contributed by atoms with E-state index in [9.17, 15) is 9.59 Å². The lowest BCUT2D eigenvalue weighted by atomic mass is 10.00. The Kier molecular flexibility index (Phi) is 5.56. The Morgan fingerprint density at radius 1 is 1.15 bits per heavy atom. The van der Waals surface area contributed by atoms with E-state index in [1.165, 1.54) is 0 Å². The number of benzene rings is 2. The number of nitrogens with one attached hydrogen (secondary N) is 1. The number of piperazine rings is 1. The van der Waals surface area contributed by atoms with Crippen molar-refractivity contribution >= 4 is 11.8 Å². The van der Waals surface area contributed by atoms with Gasteiger partial charge in [-0.3, -0.25) is 9.59 Å². The SMILES string of the molecule is CCOc1ccc(CC(=O)N2CCNC(=O)C2c2ccc(C)cc2)cc1. The fourth-order valence-electron chi connectivity index (χ4n) is 3.16. The maximum absolute atomic E-state index is 12.9. The lowest BCUT2D eigenvalue weighted by Gasteiger charge is -2.35. The fraction of sp³-hybridized carbons (Fsp3) is 0.333. The number of amides is 2. The molecule has 1 N–H and O–H groups in total. The predicted molar refractivity (Wildman–Crippen MR) is 100.0 cm³/mol. The van der Waals surface area contributed by atoms with Gasteiger partial charge in [0.25, 0.3) is 0 Å². The molecule has 0 saturated carbocycles. The number of aryl methyl sites for hydroxylation is 1. The number of carbonyl (C=O) groups excluding carboxylic acids is 2. The van der Waals surface area contributed by atoms with Crippen molar-refractivity contribution in [2.24, 2.45) is 0 Å². The predicted octanol–water partition coefficient (Wildman–Crippen LogP) is 2.64. The minimum Gasteiger partial charge on any atom is -0.494 e. The Hall–Kier alpha value is -2.82. The van der Waals surface area contributed by atoms with Crippen molar-refractivity contribution in [3.63, 3.8) is 0 Å². The quantitative estimate of drug-likeness (QED) is 0.900. The molecule has 0 spiro atoms. The van der Waals surface area contributed by atoms with E-state index < -0.39 is 6.04 Å². The van der Waals surface area contributed by atoms with Gasteiger partial charge in [0.15, 0.2) is 0 Å². The summed E-state index contributed by atoms with van der Waals surface area (Å²) in [7, 11) is 0. The minimum absolute atomic E-state index is 0.0467. The maximum atomic E-state index is 12.9. The number of nitrogens with zero attached hydrogens (tertiary/aromatic N) is 1. The molecule has 1 heterocycles. The summed E-state index contributed by atoms with van der Waals surface area (Å²) in [6.45, 7) is 5.54. The van der Waals surface area contributed by atoms with Crippen LogP contribution in [0.2, 0.25) is 0 Å². The van der Waals surface area contributed by atoms with Gasteiger partial charge >= 0.3 is 0 Å². The summed E-state index contributed by atoms with van der Waals surface area (Å²) in [6.07, 6.45) is 0.266. The molecular weight excluding hydrogens is 328 g/mol. The molecule has 5 heteroatoms. The van der Waals surface area contributed by atoms with Crippen LogP contribution in [0.1, 0.15) is 29.7 Å². The molecule has 136 valence electrons. The van der Waals surface area contributed by atoms with E-state index in [1.807, 2.05) is 62.4 Å². The molecule has 2 amide bonds. The topological polar surface area (TPSA) is 58.6 Å². The van der Waals surface area contributed by atoms with Crippen molar-refractivity contribution < 1.29 is 14.3 Å². The first-order valence-electron chi connectivity index (χ1n) is 8.94. The summed E-state index contributed by atoms with van der Waals surface area (Å²) in [4.78, 5) is 27.0. The Bertz CT molecular complexity index is 769. The lowest BCUT2D eigenvalue weighted by Crippen LogP contribution is -2.52. The molecule has 3 rings (SSSR count). The van der Waals surface area contributed by atoms with Crippen molar-refractivity contribution in [2.75, 3.05) is 19.7 Å². The van der Waals surface area contributed by atoms with E-state index in [-0.39, 0.29) is 18.2 Å². The summed E-state index contributed by atoms with van der Waals surface area (Å²) in [5.41, 5.74) is 2.87. The van der Waals surface area contributed by atoms with Crippen LogP contribution in [0.25, 0.3) is 0 Å². The van der Waals surface area contributed by atoms with Gasteiger partial charge < -0.3 is 15.0 Å². The zero-order valence-electron chi connectivity index (χ0n) is 15.2. The molecule has 1 saturated heterocycles. The van der Waals surface area contributed by atoms with E-state index in [0.29, 0.717) is 19.7 Å². The molecule has 1 fully saturated rings. The van der Waals surface area contributed by atoms with Crippen LogP contribution in [-0.4, -0.2) is 36.4 Å². The summed E-state index contributed by atoms with van der Waals surface area (Å²) in [5.74, 6) is 0.619. The number of rotatable bonds is 5. The van der Waals surface area contributed by atoms with Crippen molar-refractivity contribution in [3.8, 4) is 5.75 Å². The average Bonchev–Trinajstić information content (AvgIpc) is 2.64. The van der Waals surface area contributed by atoms with Gasteiger partial charge in [-0.1, -0.05) is 42.0 Å². The van der Waals surface area contributed by atoms with Crippen LogP contribution >= 0.6 is 0 Å². The number of carbonyl (C=O) groups is 2. The Morgan fingerprint density at radius 3 is 2.50 bits per heavy atom. The third kappa shape index (κ3) is 4.04. The maximum Gasteiger partial charge on any atom is 0.247 e. The van der Waals surface area contributed by atoms with Gasteiger partial charge in [0.2, 0.25) is 11.8 Å². The highest BCUT2D eigenvalue weighted by Gasteiger charge is 2.34. The summed E-state index contributed by atoms with van der Waals surface area (Å²) in [6, 6.07) is 14.7. The second-order valence-electron chi connectivity index (χ2n) is 6.45. The Labute approximate surface area is 154 Å². The molecule has 1 aliphatic heterocycles. The molecule has 0 radical (unpaired) electrons. The van der Waals surface area contributed by atoms with Crippen LogP contribution < -0.4 is 10.1 Å². The second-order valence-corrected chi connectivity index (χ2v) is 6.45. The molecule has 26 heavy (non-hydrogen) atoms. The van der Waals surface area contributed by atoms with Gasteiger partial charge in [-0.25, -0.2) is 0 Å². The fourth-order valence-corrected chi connectivity index (χ4v) is 3.16. The Morgan fingerprint density at radius 2 is 1.85 bits per heavy atom. The number of hydrogen-bond acceptors (Lipinski definition) is 3. The van der Waals surface area contributed by atoms with Gasteiger partial charge in [0.05, 0.1) is 13.0 Å². The molecule has 5 nitrogen and oxygen atoms in total. The smallest absolute Gasteiger partial charge is 0.247 e. The number of hydrogen-bond donors (Lipinski definition) is 1. The highest BCUT2D eigenvalue weighted by Crippen LogP contribution is 2.25. The zero-order chi connectivity index (χ0) is 18.5. The van der Waals surface area contributed by atoms with Crippen molar-refractivity contribution in [2.45, 2.75) is 26.3 Å². The molecule has 1 aliphatic rings. The molecular formula is C21H24N2O3. The standard InChI is InChI=1S/C21H24N2O3/c1-3-26-18-10-6-16(7-11-18)14-19(24)23-13-12-22-21(25)20(23)17-8-4-15(2)5-9-17/h4-11,20H,3,12-14H2,1-2H3,(H,22,25). The van der Waals surface area contributed by atoms with E-state index >= 15 is 0 Å². The molecule has 1 unspecified atom stereocenters. The number of ether oxygens (including phenoxy) is 1. The third-order valence-corrected chi connectivity index (χ3v) is 4.52. The van der Waals surface area contributed by atoms with Crippen LogP contribution in [0.3, 0.4) is 0 Å². The lowest BCUT2D eigenvalue weighted by molar-refractivity contribution is -0.143. The molecule has 0 aromatic heterocycles. The van der Waals surface area contributed by atoms with Crippen molar-refractivity contribution in [3.05, 3.63) is 65.2 Å². The van der Waals surface area contributed by atoms with Gasteiger partial charge in [0.1, 0.15) is 11.8 Å². The Balaban J connectivity index is 1.77. The van der Waals surface area contributed by atoms with E-state index in [1.54, 1.807) is 4.90 Å². The van der Waals surface area contributed by atoms with Crippen LogP contribution in [-0.2, 0) is 16.0 Å². The van der Waals surface area contributed by atoms with Gasteiger partial charge in [-0.05, 0) is 37.1 Å². The first-order chi connectivity index (χ1) is 12.6. The van der Waals surface area contributed by atoms with E-state index in [4.69, 9.17) is 4.74 Å². The highest BCUT2D eigenvalue weighted by atomic mass is 16.5. The molecule has 0 aliphatic carbocycles. The van der Waals surface area contributed by atoms with Gasteiger partial charge in [0, 0.05) is 13.1 Å². The molecule has 1 atom stereocenters. The molecule has 2 aromatic rings. The van der Waals surface area contributed by atoms with Crippen LogP contribution in [0, 0.1) is 6.92 Å². The third-order valence-electron chi connectivity index (χ3n) is 4.52. The van der Waals surface area contributed by atoms with Gasteiger partial charge in [-0.15, -0.1) is 0 Å². The minimum atomic E-state index is -0.570.